The van der Waals surface area contributed by atoms with Crippen molar-refractivity contribution < 1.29 is 24.5 Å². The van der Waals surface area contributed by atoms with Gasteiger partial charge in [-0.25, -0.2) is 0 Å². The Kier molecular flexibility index (Phi) is 73.3. The van der Waals surface area contributed by atoms with Crippen LogP contribution in [0.15, 0.2) is 24.3 Å². The van der Waals surface area contributed by atoms with Crippen LogP contribution in [0.3, 0.4) is 0 Å². The molecule has 0 saturated heterocycles. The molecule has 0 aliphatic carbocycles. The number of rotatable bonds is 74. The number of allylic oxidation sites excluding steroid dienone is 4. The average molecular weight is 1200 g/mol. The lowest BCUT2D eigenvalue weighted by Gasteiger charge is -2.22. The number of hydrogen-bond acceptors (Lipinski definition) is 5. The second kappa shape index (κ2) is 74.8. The van der Waals surface area contributed by atoms with Crippen LogP contribution in [-0.2, 0) is 14.3 Å². The summed E-state index contributed by atoms with van der Waals surface area (Å²) < 4.78 is 5.50. The summed E-state index contributed by atoms with van der Waals surface area (Å²) in [5.74, 6) is -0.0189. The minimum Gasteiger partial charge on any atom is -0.466 e. The summed E-state index contributed by atoms with van der Waals surface area (Å²) in [6, 6.07) is -0.540. The highest BCUT2D eigenvalue weighted by Gasteiger charge is 2.20. The lowest BCUT2D eigenvalue weighted by atomic mass is 10.0. The van der Waals surface area contributed by atoms with Crippen molar-refractivity contribution in [1.29, 1.82) is 0 Å². The van der Waals surface area contributed by atoms with E-state index >= 15 is 0 Å². The molecule has 2 unspecified atom stereocenters. The number of amides is 1. The molecule has 504 valence electrons. The van der Waals surface area contributed by atoms with E-state index in [0.29, 0.717) is 25.9 Å². The summed E-state index contributed by atoms with van der Waals surface area (Å²) in [5.41, 5.74) is 0. The van der Waals surface area contributed by atoms with Gasteiger partial charge in [0.15, 0.2) is 0 Å². The molecule has 0 spiro atoms. The van der Waals surface area contributed by atoms with Crippen molar-refractivity contribution in [2.24, 2.45) is 0 Å². The molecule has 0 saturated carbocycles. The molecule has 0 aromatic carbocycles. The number of carbonyl (C=O) groups excluding carboxylic acids is 2. The average Bonchev–Trinajstić information content (AvgIpc) is 3.51. The molecule has 0 fully saturated rings. The molecule has 0 radical (unpaired) electrons. The van der Waals surface area contributed by atoms with E-state index in [1.807, 2.05) is 0 Å². The summed E-state index contributed by atoms with van der Waals surface area (Å²) in [4.78, 5) is 24.7. The molecule has 0 rings (SSSR count). The maximum absolute atomic E-state index is 12.6. The monoisotopic (exact) mass is 1200 g/mol. The van der Waals surface area contributed by atoms with Crippen LogP contribution >= 0.6 is 0 Å². The molecule has 1 amide bonds. The second-order valence-electron chi connectivity index (χ2n) is 27.0. The molecule has 0 aliphatic heterocycles. The van der Waals surface area contributed by atoms with E-state index in [4.69, 9.17) is 4.74 Å². The van der Waals surface area contributed by atoms with Gasteiger partial charge in [0.05, 0.1) is 25.4 Å². The van der Waals surface area contributed by atoms with Crippen LogP contribution < -0.4 is 5.32 Å². The Balaban J connectivity index is 3.34. The molecule has 0 aromatic heterocycles. The number of carbonyl (C=O) groups is 2. The van der Waals surface area contributed by atoms with E-state index in [1.165, 1.54) is 360 Å². The molecule has 0 aliphatic rings. The fourth-order valence-corrected chi connectivity index (χ4v) is 12.6. The predicted octanol–water partition coefficient (Wildman–Crippen LogP) is 25.7. The lowest BCUT2D eigenvalue weighted by Crippen LogP contribution is -2.45. The lowest BCUT2D eigenvalue weighted by molar-refractivity contribution is -0.143. The second-order valence-corrected chi connectivity index (χ2v) is 27.0. The van der Waals surface area contributed by atoms with Gasteiger partial charge in [0.1, 0.15) is 0 Å². The Morgan fingerprint density at radius 3 is 0.906 bits per heavy atom. The largest absolute Gasteiger partial charge is 0.466 e. The van der Waals surface area contributed by atoms with Crippen LogP contribution in [0.4, 0.5) is 0 Å². The van der Waals surface area contributed by atoms with Gasteiger partial charge in [-0.1, -0.05) is 398 Å². The number of ether oxygens (including phenoxy) is 1. The van der Waals surface area contributed by atoms with E-state index < -0.39 is 12.1 Å². The molecule has 3 N–H and O–H groups in total. The summed E-state index contributed by atoms with van der Waals surface area (Å²) in [6.45, 7) is 4.98. The van der Waals surface area contributed by atoms with Crippen molar-refractivity contribution in [3.8, 4) is 0 Å². The van der Waals surface area contributed by atoms with Crippen molar-refractivity contribution in [2.45, 2.75) is 456 Å². The summed E-state index contributed by atoms with van der Waals surface area (Å²) in [6.07, 6.45) is 95.4. The van der Waals surface area contributed by atoms with Crippen molar-refractivity contribution in [1.82, 2.24) is 5.32 Å². The predicted molar refractivity (Wildman–Crippen MR) is 375 cm³/mol. The van der Waals surface area contributed by atoms with Crippen LogP contribution in [0.1, 0.15) is 444 Å². The maximum atomic E-state index is 12.6. The summed E-state index contributed by atoms with van der Waals surface area (Å²) in [7, 11) is 0. The van der Waals surface area contributed by atoms with Gasteiger partial charge < -0.3 is 20.3 Å². The zero-order valence-corrected chi connectivity index (χ0v) is 57.9. The number of nitrogens with one attached hydrogen (secondary N) is 1. The molecule has 0 aromatic rings. The Morgan fingerprint density at radius 2 is 0.588 bits per heavy atom. The van der Waals surface area contributed by atoms with Gasteiger partial charge in [-0.2, -0.15) is 0 Å². The third-order valence-corrected chi connectivity index (χ3v) is 18.5. The first kappa shape index (κ1) is 83.3. The smallest absolute Gasteiger partial charge is 0.305 e. The minimum atomic E-state index is -0.663. The molecule has 2 atom stereocenters. The number of aliphatic hydroxyl groups excluding tert-OH is 2. The first-order chi connectivity index (χ1) is 42.0. The number of esters is 1. The molecule has 85 heavy (non-hydrogen) atoms. The molecule has 0 bridgehead atoms. The fraction of sp³-hybridized carbons (Fsp3) is 0.924. The number of hydrogen-bond donors (Lipinski definition) is 3. The van der Waals surface area contributed by atoms with Gasteiger partial charge in [-0.3, -0.25) is 9.59 Å². The minimum absolute atomic E-state index is 0.00704. The standard InChI is InChI=1S/C79H153NO5/c1-3-5-7-9-11-13-15-17-19-21-22-23-31-34-37-40-43-47-51-55-59-63-67-71-77(82)76(75-81)80-78(83)72-68-64-60-56-52-48-44-41-38-35-32-29-27-25-24-26-28-30-33-36-39-42-46-50-54-58-62-66-70-74-85-79(84)73-69-65-61-57-53-49-45-20-18-16-14-12-10-8-6-4-2/h14,16,20,45,76-77,81-82H,3-13,15,17-19,21-44,46-75H2,1-2H3,(H,80,83)/b16-14-,45-20-. The maximum Gasteiger partial charge on any atom is 0.305 e. The van der Waals surface area contributed by atoms with Crippen molar-refractivity contribution >= 4 is 11.9 Å². The van der Waals surface area contributed by atoms with Gasteiger partial charge in [-0.15, -0.1) is 0 Å². The van der Waals surface area contributed by atoms with Gasteiger partial charge >= 0.3 is 5.97 Å². The van der Waals surface area contributed by atoms with Crippen LogP contribution in [0.2, 0.25) is 0 Å². The molecular formula is C79H153NO5. The zero-order valence-electron chi connectivity index (χ0n) is 57.9. The molecule has 6 heteroatoms. The van der Waals surface area contributed by atoms with Crippen molar-refractivity contribution in [3.63, 3.8) is 0 Å². The Hall–Kier alpha value is -1.66. The Bertz CT molecular complexity index is 1330. The van der Waals surface area contributed by atoms with Crippen LogP contribution in [0.5, 0.6) is 0 Å². The van der Waals surface area contributed by atoms with Crippen LogP contribution in [-0.4, -0.2) is 47.4 Å². The van der Waals surface area contributed by atoms with Gasteiger partial charge in [0.25, 0.3) is 0 Å². The SMILES string of the molecule is CCCCCC/C=C\C/C=C\CCCCCCCC(=O)OCCCCCCCCCCCCCCCCCCCCCCCCCCCCCCCC(=O)NC(CO)C(O)CCCCCCCCCCCCCCCCCCCCCCCCC. The van der Waals surface area contributed by atoms with Crippen molar-refractivity contribution in [2.75, 3.05) is 13.2 Å². The Morgan fingerprint density at radius 1 is 0.329 bits per heavy atom. The first-order valence-corrected chi connectivity index (χ1v) is 39.1. The van der Waals surface area contributed by atoms with Crippen LogP contribution in [0, 0.1) is 0 Å². The quantitative estimate of drug-likeness (QED) is 0.0320. The molecular weight excluding hydrogens is 1040 g/mol. The highest BCUT2D eigenvalue weighted by molar-refractivity contribution is 5.76. The van der Waals surface area contributed by atoms with E-state index in [2.05, 4.69) is 43.5 Å². The summed E-state index contributed by atoms with van der Waals surface area (Å²) in [5, 5.41) is 23.5. The third-order valence-electron chi connectivity index (χ3n) is 18.5. The third kappa shape index (κ3) is 71.3. The topological polar surface area (TPSA) is 95.9 Å². The van der Waals surface area contributed by atoms with Crippen LogP contribution in [0.25, 0.3) is 0 Å². The van der Waals surface area contributed by atoms with E-state index in [-0.39, 0.29) is 18.5 Å². The van der Waals surface area contributed by atoms with E-state index in [1.54, 1.807) is 0 Å². The van der Waals surface area contributed by atoms with E-state index in [9.17, 15) is 19.8 Å². The number of aliphatic hydroxyl groups is 2. The fourth-order valence-electron chi connectivity index (χ4n) is 12.6. The molecule has 0 heterocycles. The Labute approximate surface area is 532 Å². The zero-order chi connectivity index (χ0) is 61.3. The summed E-state index contributed by atoms with van der Waals surface area (Å²) >= 11 is 0. The van der Waals surface area contributed by atoms with Gasteiger partial charge in [-0.05, 0) is 57.8 Å². The highest BCUT2D eigenvalue weighted by atomic mass is 16.5. The first-order valence-electron chi connectivity index (χ1n) is 39.1. The molecule has 6 nitrogen and oxygen atoms in total. The number of unbranched alkanes of at least 4 members (excludes halogenated alkanes) is 59. The van der Waals surface area contributed by atoms with Gasteiger partial charge in [0.2, 0.25) is 5.91 Å². The normalized spacial score (nSPS) is 12.6. The van der Waals surface area contributed by atoms with Crippen molar-refractivity contribution in [3.05, 3.63) is 24.3 Å². The highest BCUT2D eigenvalue weighted by Crippen LogP contribution is 2.20. The van der Waals surface area contributed by atoms with E-state index in [0.717, 1.165) is 51.4 Å². The van der Waals surface area contributed by atoms with Gasteiger partial charge in [0, 0.05) is 12.8 Å².